The number of fused-ring (bicyclic) bond motifs is 1. The maximum Gasteiger partial charge on any atom is 0.410 e. The van der Waals surface area contributed by atoms with Gasteiger partial charge in [-0.15, -0.1) is 0 Å². The van der Waals surface area contributed by atoms with Gasteiger partial charge in [0.25, 0.3) is 5.91 Å². The summed E-state index contributed by atoms with van der Waals surface area (Å²) in [5.74, 6) is 0.425. The minimum absolute atomic E-state index is 0.338. The second-order valence-electron chi connectivity index (χ2n) is 7.86. The highest BCUT2D eigenvalue weighted by atomic mass is 16.6. The molecule has 0 saturated carbocycles. The van der Waals surface area contributed by atoms with E-state index in [4.69, 9.17) is 9.47 Å². The second kappa shape index (κ2) is 8.46. The molecule has 0 radical (unpaired) electrons. The molecule has 0 aliphatic carbocycles. The predicted octanol–water partition coefficient (Wildman–Crippen LogP) is 3.09. The number of rotatable bonds is 4. The van der Waals surface area contributed by atoms with Crippen LogP contribution in [0, 0.1) is 0 Å². The third-order valence-corrected chi connectivity index (χ3v) is 4.47. The second-order valence-corrected chi connectivity index (χ2v) is 7.86. The van der Waals surface area contributed by atoms with E-state index in [-0.39, 0.29) is 5.91 Å². The van der Waals surface area contributed by atoms with E-state index in [1.165, 1.54) is 11.1 Å². The van der Waals surface area contributed by atoms with Crippen molar-refractivity contribution in [2.75, 3.05) is 13.7 Å². The van der Waals surface area contributed by atoms with Crippen LogP contribution in [0.2, 0.25) is 0 Å². The molecule has 3 rings (SSSR count). The molecule has 154 valence electrons. The molecule has 0 unspecified atom stereocenters. The van der Waals surface area contributed by atoms with Crippen LogP contribution in [0.1, 0.15) is 39.3 Å². The zero-order valence-corrected chi connectivity index (χ0v) is 17.1. The number of methoxy groups -OCH3 is 1. The molecule has 1 fully saturated rings. The van der Waals surface area contributed by atoms with Crippen molar-refractivity contribution in [2.45, 2.75) is 45.3 Å². The zero-order chi connectivity index (χ0) is 21.0. The van der Waals surface area contributed by atoms with Gasteiger partial charge >= 0.3 is 6.09 Å². The van der Waals surface area contributed by atoms with E-state index in [2.05, 4.69) is 15.5 Å². The normalized spacial score (nSPS) is 17.0. The fraction of sp³-hybridized carbons (Fsp3) is 0.429. The number of nitrogens with one attached hydrogen (secondary N) is 1. The Morgan fingerprint density at radius 1 is 1.28 bits per heavy atom. The lowest BCUT2D eigenvalue weighted by atomic mass is 10.2. The summed E-state index contributed by atoms with van der Waals surface area (Å²) in [6, 6.07) is 8.73. The van der Waals surface area contributed by atoms with Gasteiger partial charge in [0, 0.05) is 11.9 Å². The number of aromatic nitrogens is 1. The minimum atomic E-state index is -0.607. The third-order valence-electron chi connectivity index (χ3n) is 4.47. The number of likely N-dealkylation sites (tertiary alicyclic amines) is 1. The molecule has 29 heavy (non-hydrogen) atoms. The molecule has 2 heterocycles. The molecular weight excluding hydrogens is 372 g/mol. The SMILES string of the molecule is COc1ccc2nc(/C=N/NC(=O)[C@@H]3CCCN3C(=O)OC(C)(C)C)ccc2c1. The molecule has 8 nitrogen and oxygen atoms in total. The Balaban J connectivity index is 1.62. The van der Waals surface area contributed by atoms with E-state index < -0.39 is 17.7 Å². The molecule has 1 saturated heterocycles. The fourth-order valence-electron chi connectivity index (χ4n) is 3.13. The first-order valence-corrected chi connectivity index (χ1v) is 9.54. The molecular formula is C21H26N4O4. The van der Waals surface area contributed by atoms with Crippen molar-refractivity contribution >= 4 is 29.1 Å². The Morgan fingerprint density at radius 2 is 2.07 bits per heavy atom. The fourth-order valence-corrected chi connectivity index (χ4v) is 3.13. The molecule has 1 aliphatic rings. The number of nitrogens with zero attached hydrogens (tertiary/aromatic N) is 3. The maximum atomic E-state index is 12.5. The number of hydrogen-bond donors (Lipinski definition) is 1. The van der Waals surface area contributed by atoms with Gasteiger partial charge in [0.2, 0.25) is 0 Å². The van der Waals surface area contributed by atoms with Gasteiger partial charge < -0.3 is 9.47 Å². The van der Waals surface area contributed by atoms with Gasteiger partial charge in [-0.1, -0.05) is 6.07 Å². The smallest absolute Gasteiger partial charge is 0.410 e. The van der Waals surface area contributed by atoms with Crippen molar-refractivity contribution in [2.24, 2.45) is 5.10 Å². The number of benzene rings is 1. The molecule has 1 aromatic carbocycles. The highest BCUT2D eigenvalue weighted by Crippen LogP contribution is 2.21. The van der Waals surface area contributed by atoms with Crippen LogP contribution in [0.4, 0.5) is 4.79 Å². The minimum Gasteiger partial charge on any atom is -0.497 e. The average Bonchev–Trinajstić information content (AvgIpc) is 3.16. The monoisotopic (exact) mass is 398 g/mol. The first-order chi connectivity index (χ1) is 13.8. The number of ether oxygens (including phenoxy) is 2. The summed E-state index contributed by atoms with van der Waals surface area (Å²) in [6.45, 7) is 5.89. The van der Waals surface area contributed by atoms with Crippen LogP contribution >= 0.6 is 0 Å². The van der Waals surface area contributed by atoms with Crippen molar-refractivity contribution < 1.29 is 19.1 Å². The maximum absolute atomic E-state index is 12.5. The van der Waals surface area contributed by atoms with Crippen LogP contribution < -0.4 is 10.2 Å². The summed E-state index contributed by atoms with van der Waals surface area (Å²) < 4.78 is 10.6. The molecule has 0 spiro atoms. The van der Waals surface area contributed by atoms with Gasteiger partial charge in [0.05, 0.1) is 24.5 Å². The van der Waals surface area contributed by atoms with Crippen LogP contribution in [0.5, 0.6) is 5.75 Å². The van der Waals surface area contributed by atoms with Gasteiger partial charge in [-0.05, 0) is 57.9 Å². The number of carbonyl (C=O) groups is 2. The van der Waals surface area contributed by atoms with E-state index in [1.807, 2.05) is 24.3 Å². The molecule has 0 bridgehead atoms. The topological polar surface area (TPSA) is 93.1 Å². The summed E-state index contributed by atoms with van der Waals surface area (Å²) in [6.07, 6.45) is 2.33. The van der Waals surface area contributed by atoms with Crippen molar-refractivity contribution in [3.8, 4) is 5.75 Å². The molecule has 2 aromatic rings. The summed E-state index contributed by atoms with van der Waals surface area (Å²) in [5.41, 5.74) is 3.31. The van der Waals surface area contributed by atoms with Gasteiger partial charge in [0.15, 0.2) is 0 Å². The molecule has 1 aromatic heterocycles. The Labute approximate surface area is 169 Å². The summed E-state index contributed by atoms with van der Waals surface area (Å²) in [5, 5.41) is 4.95. The predicted molar refractivity (Wildman–Crippen MR) is 110 cm³/mol. The number of hydrazone groups is 1. The Kier molecular flexibility index (Phi) is 6.00. The van der Waals surface area contributed by atoms with Crippen molar-refractivity contribution in [3.05, 3.63) is 36.0 Å². The zero-order valence-electron chi connectivity index (χ0n) is 17.1. The van der Waals surface area contributed by atoms with Crippen LogP contribution in [-0.2, 0) is 9.53 Å². The summed E-state index contributed by atoms with van der Waals surface area (Å²) >= 11 is 0. The lowest BCUT2D eigenvalue weighted by Gasteiger charge is -2.27. The number of amides is 2. The average molecular weight is 398 g/mol. The van der Waals surface area contributed by atoms with E-state index in [9.17, 15) is 9.59 Å². The molecule has 1 N–H and O–H groups in total. The van der Waals surface area contributed by atoms with Crippen molar-refractivity contribution in [3.63, 3.8) is 0 Å². The van der Waals surface area contributed by atoms with E-state index in [1.54, 1.807) is 33.9 Å². The van der Waals surface area contributed by atoms with Crippen molar-refractivity contribution in [1.29, 1.82) is 0 Å². The van der Waals surface area contributed by atoms with Crippen LogP contribution in [0.25, 0.3) is 10.9 Å². The molecule has 1 atom stereocenters. The molecule has 1 aliphatic heterocycles. The molecule has 2 amide bonds. The van der Waals surface area contributed by atoms with E-state index in [0.717, 1.165) is 23.1 Å². The third kappa shape index (κ3) is 5.22. The number of pyridine rings is 1. The standard InChI is InChI=1S/C21H26N4O4/c1-21(2,3)29-20(27)25-11-5-6-18(25)19(26)24-22-13-15-8-7-14-12-16(28-4)9-10-17(14)23-15/h7-10,12-13,18H,5-6,11H2,1-4H3,(H,24,26)/b22-13+/t18-/m0/s1. The van der Waals surface area contributed by atoms with E-state index >= 15 is 0 Å². The number of hydrogen-bond acceptors (Lipinski definition) is 6. The van der Waals surface area contributed by atoms with Crippen LogP contribution in [0.3, 0.4) is 0 Å². The van der Waals surface area contributed by atoms with Gasteiger partial charge in [-0.2, -0.15) is 5.10 Å². The van der Waals surface area contributed by atoms with Gasteiger partial charge in [0.1, 0.15) is 17.4 Å². The van der Waals surface area contributed by atoms with Gasteiger partial charge in [-0.3, -0.25) is 9.69 Å². The van der Waals surface area contributed by atoms with E-state index in [0.29, 0.717) is 18.7 Å². The number of carbonyl (C=O) groups excluding carboxylic acids is 2. The Hall–Kier alpha value is -3.16. The first kappa shape index (κ1) is 20.6. The summed E-state index contributed by atoms with van der Waals surface area (Å²) in [4.78, 5) is 30.7. The lowest BCUT2D eigenvalue weighted by Crippen LogP contribution is -2.46. The van der Waals surface area contributed by atoms with Gasteiger partial charge in [-0.25, -0.2) is 15.2 Å². The van der Waals surface area contributed by atoms with Crippen molar-refractivity contribution in [1.82, 2.24) is 15.3 Å². The Morgan fingerprint density at radius 3 is 2.79 bits per heavy atom. The highest BCUT2D eigenvalue weighted by molar-refractivity contribution is 5.89. The first-order valence-electron chi connectivity index (χ1n) is 9.54. The van der Waals surface area contributed by atoms with Crippen LogP contribution in [0.15, 0.2) is 35.4 Å². The lowest BCUT2D eigenvalue weighted by molar-refractivity contribution is -0.125. The van der Waals surface area contributed by atoms with Crippen LogP contribution in [-0.4, -0.2) is 53.4 Å². The quantitative estimate of drug-likeness (QED) is 0.631. The molecule has 8 heteroatoms. The highest BCUT2D eigenvalue weighted by Gasteiger charge is 2.36. The summed E-state index contributed by atoms with van der Waals surface area (Å²) in [7, 11) is 1.62. The Bertz CT molecular complexity index is 936. The largest absolute Gasteiger partial charge is 0.497 e.